The van der Waals surface area contributed by atoms with Crippen LogP contribution in [-0.2, 0) is 22.6 Å². The van der Waals surface area contributed by atoms with Gasteiger partial charge in [-0.3, -0.25) is 19.7 Å². The molecular weight excluding hydrogens is 498 g/mol. The number of hydrogen-bond acceptors (Lipinski definition) is 4. The highest BCUT2D eigenvalue weighted by Crippen LogP contribution is 2.33. The highest BCUT2D eigenvalue weighted by molar-refractivity contribution is 5.88. The van der Waals surface area contributed by atoms with E-state index in [-0.39, 0.29) is 29.6 Å². The lowest BCUT2D eigenvalue weighted by Gasteiger charge is -2.36. The van der Waals surface area contributed by atoms with Gasteiger partial charge in [0.25, 0.3) is 0 Å². The third kappa shape index (κ3) is 5.47. The Bertz CT molecular complexity index is 1540. The topological polar surface area (TPSA) is 82.2 Å². The molecule has 1 atom stereocenters. The van der Waals surface area contributed by atoms with Gasteiger partial charge in [0.05, 0.1) is 17.2 Å². The Kier molecular flexibility index (Phi) is 7.07. The average Bonchev–Trinajstić information content (AvgIpc) is 3.43. The van der Waals surface area contributed by atoms with Crippen LogP contribution < -0.4 is 0 Å². The summed E-state index contributed by atoms with van der Waals surface area (Å²) in [5.41, 5.74) is 5.65. The van der Waals surface area contributed by atoms with Gasteiger partial charge in [-0.25, -0.2) is 0 Å². The largest absolute Gasteiger partial charge is 0.343 e. The summed E-state index contributed by atoms with van der Waals surface area (Å²) >= 11 is 0. The van der Waals surface area contributed by atoms with E-state index in [1.165, 1.54) is 16.7 Å². The van der Waals surface area contributed by atoms with E-state index in [0.29, 0.717) is 25.4 Å². The number of pyridine rings is 1. The standard InChI is InChI=1S/C33H39N5O2/c1-33(2,3)21-38-20-28-23(10-11-30-27(28)19-35-36-30)8-9-25(32(38)40)17-31(39)37-14-12-22(13-15-37)26-16-24-6-4-5-7-29(24)34-18-26/h4-7,10-11,16,18-19,22,25H,8-9,12-15,17,20-21H2,1-3H3,(H,35,36)/t25-/m0/s1. The second kappa shape index (κ2) is 10.7. The number of aromatic amines is 1. The molecule has 2 aliphatic rings. The van der Waals surface area contributed by atoms with Gasteiger partial charge >= 0.3 is 0 Å². The highest BCUT2D eigenvalue weighted by Gasteiger charge is 2.34. The second-order valence-electron chi connectivity index (χ2n) is 12.8. The molecule has 1 N–H and O–H groups in total. The van der Waals surface area contributed by atoms with Crippen molar-refractivity contribution in [3.8, 4) is 0 Å². The van der Waals surface area contributed by atoms with Crippen LogP contribution in [0.2, 0.25) is 0 Å². The fourth-order valence-electron chi connectivity index (χ4n) is 6.53. The average molecular weight is 538 g/mol. The Morgan fingerprint density at radius 2 is 1.85 bits per heavy atom. The third-order valence-corrected chi connectivity index (χ3v) is 8.62. The summed E-state index contributed by atoms with van der Waals surface area (Å²) in [7, 11) is 0. The van der Waals surface area contributed by atoms with E-state index in [1.54, 1.807) is 0 Å². The van der Waals surface area contributed by atoms with Crippen molar-refractivity contribution in [2.45, 2.75) is 65.3 Å². The maximum atomic E-state index is 13.9. The molecule has 4 aromatic rings. The van der Waals surface area contributed by atoms with Gasteiger partial charge < -0.3 is 9.80 Å². The number of amides is 2. The van der Waals surface area contributed by atoms with E-state index in [1.807, 2.05) is 40.4 Å². The summed E-state index contributed by atoms with van der Waals surface area (Å²) in [6, 6.07) is 14.7. The molecule has 40 heavy (non-hydrogen) atoms. The number of nitrogens with zero attached hydrogens (tertiary/aromatic N) is 4. The van der Waals surface area contributed by atoms with Crippen LogP contribution in [0.4, 0.5) is 0 Å². The lowest BCUT2D eigenvalue weighted by atomic mass is 9.86. The van der Waals surface area contributed by atoms with Gasteiger partial charge in [-0.1, -0.05) is 45.0 Å². The van der Waals surface area contributed by atoms with Crippen molar-refractivity contribution < 1.29 is 9.59 Å². The van der Waals surface area contributed by atoms with Gasteiger partial charge in [0, 0.05) is 55.5 Å². The number of carbonyl (C=O) groups is 2. The minimum Gasteiger partial charge on any atom is -0.343 e. The van der Waals surface area contributed by atoms with Crippen molar-refractivity contribution in [3.63, 3.8) is 0 Å². The van der Waals surface area contributed by atoms with Crippen LogP contribution in [0.25, 0.3) is 21.8 Å². The first-order chi connectivity index (χ1) is 19.2. The van der Waals surface area contributed by atoms with Crippen molar-refractivity contribution in [1.82, 2.24) is 25.0 Å². The number of piperidine rings is 1. The molecule has 1 fully saturated rings. The van der Waals surface area contributed by atoms with Gasteiger partial charge in [-0.15, -0.1) is 0 Å². The zero-order valence-electron chi connectivity index (χ0n) is 23.8. The van der Waals surface area contributed by atoms with Gasteiger partial charge in [0.15, 0.2) is 0 Å². The summed E-state index contributed by atoms with van der Waals surface area (Å²) in [4.78, 5) is 36.1. The molecule has 6 rings (SSSR count). The summed E-state index contributed by atoms with van der Waals surface area (Å²) in [5, 5.41) is 9.56. The van der Waals surface area contributed by atoms with Crippen LogP contribution in [0.3, 0.4) is 0 Å². The number of benzene rings is 2. The van der Waals surface area contributed by atoms with Crippen molar-refractivity contribution in [1.29, 1.82) is 0 Å². The maximum Gasteiger partial charge on any atom is 0.226 e. The maximum absolute atomic E-state index is 13.9. The van der Waals surface area contributed by atoms with Crippen molar-refractivity contribution in [3.05, 3.63) is 71.5 Å². The first kappa shape index (κ1) is 26.5. The minimum atomic E-state index is -0.301. The van der Waals surface area contributed by atoms with Crippen LogP contribution in [0.1, 0.15) is 69.1 Å². The van der Waals surface area contributed by atoms with Crippen molar-refractivity contribution in [2.75, 3.05) is 19.6 Å². The quantitative estimate of drug-likeness (QED) is 0.354. The van der Waals surface area contributed by atoms with E-state index in [9.17, 15) is 9.59 Å². The number of fused-ring (bicyclic) bond motifs is 4. The normalized spacial score (nSPS) is 19.1. The fraction of sp³-hybridized carbons (Fsp3) is 0.455. The first-order valence-corrected chi connectivity index (χ1v) is 14.6. The van der Waals surface area contributed by atoms with E-state index in [0.717, 1.165) is 54.2 Å². The number of likely N-dealkylation sites (tertiary alicyclic amines) is 1. The molecular formula is C33H39N5O2. The third-order valence-electron chi connectivity index (χ3n) is 8.62. The summed E-state index contributed by atoms with van der Waals surface area (Å²) in [6.07, 6.45) is 7.47. The van der Waals surface area contributed by atoms with Crippen LogP contribution >= 0.6 is 0 Å². The predicted octanol–water partition coefficient (Wildman–Crippen LogP) is 5.84. The number of aryl methyl sites for hydroxylation is 1. The molecule has 4 heterocycles. The fourth-order valence-corrected chi connectivity index (χ4v) is 6.53. The Morgan fingerprint density at radius 3 is 2.65 bits per heavy atom. The molecule has 7 heteroatoms. The predicted molar refractivity (Wildman–Crippen MR) is 158 cm³/mol. The SMILES string of the molecule is CC(C)(C)CN1Cc2c(ccc3[nH]ncc23)CC[C@@H](CC(=O)N2CCC(c3cnc4ccccc4c3)CC2)C1=O. The monoisotopic (exact) mass is 537 g/mol. The number of H-pyrrole nitrogens is 1. The Labute approximate surface area is 236 Å². The molecule has 2 aromatic carbocycles. The number of carbonyl (C=O) groups excluding carboxylic acids is 2. The van der Waals surface area contributed by atoms with Crippen molar-refractivity contribution >= 4 is 33.6 Å². The van der Waals surface area contributed by atoms with Crippen LogP contribution in [0, 0.1) is 11.3 Å². The molecule has 2 aliphatic heterocycles. The second-order valence-corrected chi connectivity index (χ2v) is 12.8. The zero-order chi connectivity index (χ0) is 27.9. The van der Waals surface area contributed by atoms with E-state index >= 15 is 0 Å². The Morgan fingerprint density at radius 1 is 1.05 bits per heavy atom. The highest BCUT2D eigenvalue weighted by atomic mass is 16.2. The van der Waals surface area contributed by atoms with Crippen LogP contribution in [0.15, 0.2) is 54.9 Å². The van der Waals surface area contributed by atoms with E-state index in [4.69, 9.17) is 0 Å². The molecule has 208 valence electrons. The molecule has 7 nitrogen and oxygen atoms in total. The summed E-state index contributed by atoms with van der Waals surface area (Å²) < 4.78 is 0. The van der Waals surface area contributed by atoms with E-state index < -0.39 is 0 Å². The van der Waals surface area contributed by atoms with Crippen molar-refractivity contribution in [2.24, 2.45) is 11.3 Å². The Balaban J connectivity index is 1.15. The van der Waals surface area contributed by atoms with Crippen LogP contribution in [-0.4, -0.2) is 56.4 Å². The first-order valence-electron chi connectivity index (χ1n) is 14.6. The van der Waals surface area contributed by atoms with E-state index in [2.05, 4.69) is 60.2 Å². The molecule has 0 spiro atoms. The number of nitrogens with one attached hydrogen (secondary N) is 1. The van der Waals surface area contributed by atoms with Gasteiger partial charge in [-0.2, -0.15) is 5.10 Å². The molecule has 2 aromatic heterocycles. The van der Waals surface area contributed by atoms with Crippen LogP contribution in [0.5, 0.6) is 0 Å². The zero-order valence-corrected chi connectivity index (χ0v) is 23.8. The molecule has 1 saturated heterocycles. The number of para-hydroxylation sites is 1. The summed E-state index contributed by atoms with van der Waals surface area (Å²) in [5.74, 6) is 0.315. The molecule has 0 saturated carbocycles. The number of rotatable bonds is 4. The summed E-state index contributed by atoms with van der Waals surface area (Å²) in [6.45, 7) is 9.14. The minimum absolute atomic E-state index is 0.0482. The molecule has 0 radical (unpaired) electrons. The lowest BCUT2D eigenvalue weighted by molar-refractivity contribution is -0.143. The van der Waals surface area contributed by atoms with Gasteiger partial charge in [0.1, 0.15) is 0 Å². The van der Waals surface area contributed by atoms with Gasteiger partial charge in [0.2, 0.25) is 11.8 Å². The van der Waals surface area contributed by atoms with Gasteiger partial charge in [-0.05, 0) is 71.9 Å². The smallest absolute Gasteiger partial charge is 0.226 e. The molecule has 2 amide bonds. The molecule has 0 aliphatic carbocycles. The number of aromatic nitrogens is 3. The molecule has 0 unspecified atom stereocenters. The molecule has 0 bridgehead atoms. The number of hydrogen-bond donors (Lipinski definition) is 1. The lowest BCUT2D eigenvalue weighted by Crippen LogP contribution is -2.44. The Hall–Kier alpha value is -3.74.